The molecule has 1 saturated heterocycles. The van der Waals surface area contributed by atoms with Crippen molar-refractivity contribution in [2.45, 2.75) is 66.3 Å². The van der Waals surface area contributed by atoms with Crippen molar-refractivity contribution in [1.82, 2.24) is 10.2 Å². The van der Waals surface area contributed by atoms with Gasteiger partial charge in [0.2, 0.25) is 0 Å². The van der Waals surface area contributed by atoms with E-state index in [9.17, 15) is 0 Å². The highest BCUT2D eigenvalue weighted by atomic mass is 15.1. The normalized spacial score (nSPS) is 26.5. The molecular formula is C16H34N2. The van der Waals surface area contributed by atoms with Gasteiger partial charge in [-0.25, -0.2) is 0 Å². The van der Waals surface area contributed by atoms with Crippen LogP contribution in [-0.2, 0) is 0 Å². The van der Waals surface area contributed by atoms with Crippen LogP contribution in [0.4, 0.5) is 0 Å². The van der Waals surface area contributed by atoms with Crippen molar-refractivity contribution >= 4 is 0 Å². The molecule has 0 aromatic carbocycles. The van der Waals surface area contributed by atoms with Crippen molar-refractivity contribution in [3.05, 3.63) is 0 Å². The average Bonchev–Trinajstić information content (AvgIpc) is 2.33. The van der Waals surface area contributed by atoms with Crippen LogP contribution in [0.5, 0.6) is 0 Å². The first-order valence-electron chi connectivity index (χ1n) is 7.92. The number of hydrogen-bond donors (Lipinski definition) is 1. The van der Waals surface area contributed by atoms with Gasteiger partial charge in [-0.2, -0.15) is 0 Å². The molecule has 0 radical (unpaired) electrons. The summed E-state index contributed by atoms with van der Waals surface area (Å²) in [4.78, 5) is 2.68. The standard InChI is InChI=1S/C16H34N2/c1-6-10-17-15-8-11-18(13-14(15)7-2)12-9-16(3,4)5/h14-15,17H,6-13H2,1-5H3. The number of likely N-dealkylation sites (tertiary alicyclic amines) is 1. The lowest BCUT2D eigenvalue weighted by Crippen LogP contribution is -2.49. The van der Waals surface area contributed by atoms with Crippen LogP contribution in [0, 0.1) is 11.3 Å². The molecule has 18 heavy (non-hydrogen) atoms. The number of nitrogens with one attached hydrogen (secondary N) is 1. The van der Waals surface area contributed by atoms with Gasteiger partial charge in [0, 0.05) is 12.6 Å². The second-order valence-corrected chi connectivity index (χ2v) is 7.13. The van der Waals surface area contributed by atoms with E-state index in [1.807, 2.05) is 0 Å². The summed E-state index contributed by atoms with van der Waals surface area (Å²) in [6.07, 6.45) is 5.22. The van der Waals surface area contributed by atoms with Gasteiger partial charge in [-0.3, -0.25) is 0 Å². The molecule has 0 aromatic rings. The molecule has 2 heteroatoms. The van der Waals surface area contributed by atoms with Gasteiger partial charge in [0.05, 0.1) is 0 Å². The fourth-order valence-corrected chi connectivity index (χ4v) is 2.82. The summed E-state index contributed by atoms with van der Waals surface area (Å²) in [5.74, 6) is 0.852. The van der Waals surface area contributed by atoms with E-state index in [-0.39, 0.29) is 0 Å². The second-order valence-electron chi connectivity index (χ2n) is 7.13. The van der Waals surface area contributed by atoms with Crippen molar-refractivity contribution in [1.29, 1.82) is 0 Å². The third-order valence-corrected chi connectivity index (χ3v) is 4.18. The van der Waals surface area contributed by atoms with Gasteiger partial charge in [-0.15, -0.1) is 0 Å². The fraction of sp³-hybridized carbons (Fsp3) is 1.00. The summed E-state index contributed by atoms with van der Waals surface area (Å²) < 4.78 is 0. The third kappa shape index (κ3) is 5.71. The van der Waals surface area contributed by atoms with Crippen LogP contribution in [-0.4, -0.2) is 37.1 Å². The van der Waals surface area contributed by atoms with E-state index in [2.05, 4.69) is 44.8 Å². The van der Waals surface area contributed by atoms with Crippen LogP contribution in [0.3, 0.4) is 0 Å². The van der Waals surface area contributed by atoms with Gasteiger partial charge in [-0.05, 0) is 50.2 Å². The SMILES string of the molecule is CCCNC1CCN(CCC(C)(C)C)CC1CC. The minimum atomic E-state index is 0.471. The van der Waals surface area contributed by atoms with Crippen LogP contribution in [0.2, 0.25) is 0 Å². The van der Waals surface area contributed by atoms with Crippen molar-refractivity contribution < 1.29 is 0 Å². The molecule has 2 atom stereocenters. The Hall–Kier alpha value is -0.0800. The second kappa shape index (κ2) is 7.49. The maximum atomic E-state index is 3.74. The van der Waals surface area contributed by atoms with E-state index in [1.165, 1.54) is 51.9 Å². The Morgan fingerprint density at radius 1 is 1.22 bits per heavy atom. The first kappa shape index (κ1) is 16.0. The monoisotopic (exact) mass is 254 g/mol. The molecule has 108 valence electrons. The molecule has 1 heterocycles. The summed E-state index contributed by atoms with van der Waals surface area (Å²) in [5, 5.41) is 3.74. The van der Waals surface area contributed by atoms with Crippen molar-refractivity contribution in [3.63, 3.8) is 0 Å². The minimum Gasteiger partial charge on any atom is -0.314 e. The maximum absolute atomic E-state index is 3.74. The molecule has 1 N–H and O–H groups in total. The number of nitrogens with zero attached hydrogens (tertiary/aromatic N) is 1. The molecule has 0 amide bonds. The van der Waals surface area contributed by atoms with Crippen LogP contribution in [0.25, 0.3) is 0 Å². The van der Waals surface area contributed by atoms with E-state index >= 15 is 0 Å². The Balaban J connectivity index is 2.36. The van der Waals surface area contributed by atoms with E-state index in [0.29, 0.717) is 5.41 Å². The Bertz CT molecular complexity index is 220. The topological polar surface area (TPSA) is 15.3 Å². The molecule has 1 aliphatic rings. The molecule has 0 aromatic heterocycles. The number of rotatable bonds is 6. The van der Waals surface area contributed by atoms with E-state index in [1.54, 1.807) is 0 Å². The first-order chi connectivity index (χ1) is 8.46. The molecule has 0 spiro atoms. The lowest BCUT2D eigenvalue weighted by molar-refractivity contribution is 0.122. The Kier molecular flexibility index (Phi) is 6.65. The zero-order chi connectivity index (χ0) is 13.6. The van der Waals surface area contributed by atoms with Crippen LogP contribution in [0.15, 0.2) is 0 Å². The summed E-state index contributed by atoms with van der Waals surface area (Å²) in [5.41, 5.74) is 0.471. The van der Waals surface area contributed by atoms with Crippen LogP contribution in [0.1, 0.15) is 60.3 Å². The predicted molar refractivity (Wildman–Crippen MR) is 81.0 cm³/mol. The highest BCUT2D eigenvalue weighted by Crippen LogP contribution is 2.24. The van der Waals surface area contributed by atoms with Crippen molar-refractivity contribution in [2.24, 2.45) is 11.3 Å². The lowest BCUT2D eigenvalue weighted by atomic mass is 9.88. The van der Waals surface area contributed by atoms with Crippen LogP contribution < -0.4 is 5.32 Å². The predicted octanol–water partition coefficient (Wildman–Crippen LogP) is 3.52. The van der Waals surface area contributed by atoms with E-state index in [0.717, 1.165) is 12.0 Å². The molecule has 2 nitrogen and oxygen atoms in total. The Morgan fingerprint density at radius 2 is 1.94 bits per heavy atom. The van der Waals surface area contributed by atoms with Gasteiger partial charge in [0.15, 0.2) is 0 Å². The van der Waals surface area contributed by atoms with Crippen molar-refractivity contribution in [2.75, 3.05) is 26.2 Å². The third-order valence-electron chi connectivity index (χ3n) is 4.18. The first-order valence-corrected chi connectivity index (χ1v) is 7.92. The van der Waals surface area contributed by atoms with E-state index in [4.69, 9.17) is 0 Å². The zero-order valence-corrected chi connectivity index (χ0v) is 13.3. The highest BCUT2D eigenvalue weighted by molar-refractivity contribution is 4.85. The van der Waals surface area contributed by atoms with Gasteiger partial charge < -0.3 is 10.2 Å². The van der Waals surface area contributed by atoms with Gasteiger partial charge >= 0.3 is 0 Å². The maximum Gasteiger partial charge on any atom is 0.0120 e. The quantitative estimate of drug-likeness (QED) is 0.780. The Morgan fingerprint density at radius 3 is 2.50 bits per heavy atom. The lowest BCUT2D eigenvalue weighted by Gasteiger charge is -2.39. The summed E-state index contributed by atoms with van der Waals surface area (Å²) in [6, 6.07) is 0.765. The molecule has 1 fully saturated rings. The molecule has 0 bridgehead atoms. The van der Waals surface area contributed by atoms with Gasteiger partial charge in [-0.1, -0.05) is 41.0 Å². The molecule has 2 unspecified atom stereocenters. The summed E-state index contributed by atoms with van der Waals surface area (Å²) in [6.45, 7) is 16.7. The summed E-state index contributed by atoms with van der Waals surface area (Å²) >= 11 is 0. The Labute approximate surface area is 115 Å². The van der Waals surface area contributed by atoms with Crippen molar-refractivity contribution in [3.8, 4) is 0 Å². The molecular weight excluding hydrogens is 220 g/mol. The van der Waals surface area contributed by atoms with Crippen LogP contribution >= 0.6 is 0 Å². The zero-order valence-electron chi connectivity index (χ0n) is 13.3. The largest absolute Gasteiger partial charge is 0.314 e. The molecule has 0 saturated carbocycles. The molecule has 0 aliphatic carbocycles. The van der Waals surface area contributed by atoms with Gasteiger partial charge in [0.25, 0.3) is 0 Å². The number of piperidine rings is 1. The average molecular weight is 254 g/mol. The van der Waals surface area contributed by atoms with Gasteiger partial charge in [0.1, 0.15) is 0 Å². The van der Waals surface area contributed by atoms with E-state index < -0.39 is 0 Å². The highest BCUT2D eigenvalue weighted by Gasteiger charge is 2.27. The minimum absolute atomic E-state index is 0.471. The molecule has 1 rings (SSSR count). The fourth-order valence-electron chi connectivity index (χ4n) is 2.82. The summed E-state index contributed by atoms with van der Waals surface area (Å²) in [7, 11) is 0. The smallest absolute Gasteiger partial charge is 0.0120 e. The number of hydrogen-bond acceptors (Lipinski definition) is 2. The molecule has 1 aliphatic heterocycles.